The molecular weight excluding hydrogens is 382 g/mol. The van der Waals surface area contributed by atoms with Crippen LogP contribution in [0.2, 0.25) is 0 Å². The largest absolute Gasteiger partial charge is 0.497 e. The number of methoxy groups -OCH3 is 1. The number of likely N-dealkylation sites (N-methyl/N-ethyl adjacent to an activating group) is 1. The number of carbonyl (C=O) groups excluding carboxylic acids is 2. The number of rotatable bonds is 8. The van der Waals surface area contributed by atoms with Gasteiger partial charge in [0.1, 0.15) is 18.8 Å². The van der Waals surface area contributed by atoms with Crippen molar-refractivity contribution >= 4 is 22.8 Å². The topological polar surface area (TPSA) is 81.1 Å². The molecule has 160 valence electrons. The monoisotopic (exact) mass is 412 g/mol. The number of ether oxygens (including phenoxy) is 2. The van der Waals surface area contributed by atoms with Crippen LogP contribution < -0.4 is 20.3 Å². The molecule has 1 unspecified atom stereocenters. The third-order valence-corrected chi connectivity index (χ3v) is 5.24. The van der Waals surface area contributed by atoms with Crippen LogP contribution in [0.25, 0.3) is 10.8 Å². The summed E-state index contributed by atoms with van der Waals surface area (Å²) in [6.07, 6.45) is 0.623. The van der Waals surface area contributed by atoms with Gasteiger partial charge in [0, 0.05) is 5.56 Å². The maximum absolute atomic E-state index is 12.5. The van der Waals surface area contributed by atoms with Gasteiger partial charge in [-0.15, -0.1) is 0 Å². The summed E-state index contributed by atoms with van der Waals surface area (Å²) in [5.41, 5.74) is 2.33. The Morgan fingerprint density at radius 3 is 2.53 bits per heavy atom. The maximum Gasteiger partial charge on any atom is 0.338 e. The van der Waals surface area contributed by atoms with Crippen molar-refractivity contribution in [2.24, 2.45) is 0 Å². The molecule has 1 heterocycles. The third-order valence-electron chi connectivity index (χ3n) is 5.24. The average Bonchev–Trinajstić information content (AvgIpc) is 2.72. The van der Waals surface area contributed by atoms with E-state index in [0.717, 1.165) is 28.0 Å². The first-order chi connectivity index (χ1) is 14.4. The molecule has 2 aromatic carbocycles. The third kappa shape index (κ3) is 4.91. The fourth-order valence-electron chi connectivity index (χ4n) is 3.82. The molecule has 2 amide bonds. The van der Waals surface area contributed by atoms with Gasteiger partial charge >= 0.3 is 12.0 Å². The van der Waals surface area contributed by atoms with Gasteiger partial charge in [0.15, 0.2) is 0 Å². The highest BCUT2D eigenvalue weighted by atomic mass is 16.5. The van der Waals surface area contributed by atoms with Gasteiger partial charge in [0.05, 0.1) is 38.1 Å². The lowest BCUT2D eigenvalue weighted by atomic mass is 10.00. The standard InChI is InChI=1S/C23H29N3O4/c1-5-19-21(22(27)30-6-2)20(25-23(28)24-19)14-26(3)13-15-7-8-17-12-18(29-4)10-9-16(17)11-15/h7-12,19H,5-6,13-14H2,1-4H3,(H2,24,25,28)/p+1/t19-/m0/s1. The van der Waals surface area contributed by atoms with Crippen LogP contribution in [0.5, 0.6) is 5.75 Å². The maximum atomic E-state index is 12.5. The van der Waals surface area contributed by atoms with Crippen LogP contribution in [-0.4, -0.2) is 45.4 Å². The molecule has 0 radical (unpaired) electrons. The fraction of sp³-hybridized carbons (Fsp3) is 0.391. The van der Waals surface area contributed by atoms with Crippen molar-refractivity contribution in [3.05, 3.63) is 53.2 Å². The molecule has 0 fully saturated rings. The summed E-state index contributed by atoms with van der Waals surface area (Å²) in [5, 5.41) is 7.90. The Balaban J connectivity index is 1.80. The average molecular weight is 413 g/mol. The summed E-state index contributed by atoms with van der Waals surface area (Å²) in [6, 6.07) is 11.7. The summed E-state index contributed by atoms with van der Waals surface area (Å²) in [4.78, 5) is 25.8. The molecule has 3 rings (SSSR count). The van der Waals surface area contributed by atoms with Crippen LogP contribution in [0.1, 0.15) is 25.8 Å². The number of esters is 1. The fourth-order valence-corrected chi connectivity index (χ4v) is 3.82. The van der Waals surface area contributed by atoms with E-state index in [4.69, 9.17) is 9.47 Å². The summed E-state index contributed by atoms with van der Waals surface area (Å²) in [6.45, 7) is 5.28. The van der Waals surface area contributed by atoms with E-state index in [2.05, 4.69) is 28.8 Å². The summed E-state index contributed by atoms with van der Waals surface area (Å²) >= 11 is 0. The smallest absolute Gasteiger partial charge is 0.338 e. The van der Waals surface area contributed by atoms with Gasteiger partial charge in [-0.05, 0) is 42.3 Å². The number of benzene rings is 2. The van der Waals surface area contributed by atoms with E-state index < -0.39 is 0 Å². The number of nitrogens with one attached hydrogen (secondary N) is 3. The lowest BCUT2D eigenvalue weighted by Gasteiger charge is -2.29. The first-order valence-corrected chi connectivity index (χ1v) is 10.3. The van der Waals surface area contributed by atoms with Gasteiger partial charge < -0.3 is 25.0 Å². The van der Waals surface area contributed by atoms with Crippen LogP contribution >= 0.6 is 0 Å². The van der Waals surface area contributed by atoms with Crippen LogP contribution in [0.3, 0.4) is 0 Å². The van der Waals surface area contributed by atoms with Gasteiger partial charge in [-0.1, -0.05) is 25.1 Å². The number of urea groups is 1. The van der Waals surface area contributed by atoms with Crippen molar-refractivity contribution in [3.63, 3.8) is 0 Å². The van der Waals surface area contributed by atoms with Gasteiger partial charge in [-0.25, -0.2) is 9.59 Å². The molecule has 1 aliphatic heterocycles. The number of hydrogen-bond acceptors (Lipinski definition) is 4. The van der Waals surface area contributed by atoms with Gasteiger partial charge in [-0.2, -0.15) is 0 Å². The van der Waals surface area contributed by atoms with Crippen LogP contribution in [-0.2, 0) is 16.1 Å². The Kier molecular flexibility index (Phi) is 6.95. The summed E-state index contributed by atoms with van der Waals surface area (Å²) in [5.74, 6) is 0.461. The molecule has 2 aromatic rings. The number of amides is 2. The van der Waals surface area contributed by atoms with E-state index >= 15 is 0 Å². The summed E-state index contributed by atoms with van der Waals surface area (Å²) < 4.78 is 10.5. The predicted octanol–water partition coefficient (Wildman–Crippen LogP) is 1.77. The van der Waals surface area contributed by atoms with Crippen LogP contribution in [0, 0.1) is 0 Å². The summed E-state index contributed by atoms with van der Waals surface area (Å²) in [7, 11) is 3.71. The Morgan fingerprint density at radius 2 is 1.83 bits per heavy atom. The molecule has 0 aliphatic carbocycles. The molecule has 7 nitrogen and oxygen atoms in total. The van der Waals surface area contributed by atoms with E-state index in [1.807, 2.05) is 32.2 Å². The molecule has 0 saturated carbocycles. The molecule has 0 aromatic heterocycles. The lowest BCUT2D eigenvalue weighted by Crippen LogP contribution is -3.08. The van der Waals surface area contributed by atoms with E-state index in [1.165, 1.54) is 5.56 Å². The first kappa shape index (κ1) is 21.6. The minimum atomic E-state index is -0.376. The number of fused-ring (bicyclic) bond motifs is 1. The minimum Gasteiger partial charge on any atom is -0.497 e. The molecular formula is C23H30N3O4+. The van der Waals surface area contributed by atoms with E-state index in [0.29, 0.717) is 30.8 Å². The van der Waals surface area contributed by atoms with Crippen molar-refractivity contribution < 1.29 is 24.0 Å². The first-order valence-electron chi connectivity index (χ1n) is 10.3. The van der Waals surface area contributed by atoms with Gasteiger partial charge in [-0.3, -0.25) is 0 Å². The number of quaternary nitrogens is 1. The molecule has 7 heteroatoms. The SMILES string of the molecule is CCOC(=O)C1=C(C[NH+](C)Cc2ccc3cc(OC)ccc3c2)NC(=O)N[C@H]1CC. The molecule has 1 aliphatic rings. The Bertz CT molecular complexity index is 970. The zero-order valence-electron chi connectivity index (χ0n) is 18.0. The van der Waals surface area contributed by atoms with Crippen molar-refractivity contribution in [1.29, 1.82) is 0 Å². The predicted molar refractivity (Wildman–Crippen MR) is 115 cm³/mol. The van der Waals surface area contributed by atoms with Crippen molar-refractivity contribution in [2.75, 3.05) is 27.3 Å². The van der Waals surface area contributed by atoms with Gasteiger partial charge in [0.25, 0.3) is 0 Å². The second kappa shape index (κ2) is 9.63. The Labute approximate surface area is 177 Å². The Hall–Kier alpha value is -3.06. The molecule has 0 spiro atoms. The van der Waals surface area contributed by atoms with Crippen LogP contribution in [0.4, 0.5) is 4.79 Å². The number of carbonyl (C=O) groups is 2. The quantitative estimate of drug-likeness (QED) is 0.578. The zero-order chi connectivity index (χ0) is 21.7. The van der Waals surface area contributed by atoms with E-state index in [1.54, 1.807) is 14.0 Å². The lowest BCUT2D eigenvalue weighted by molar-refractivity contribution is -0.889. The van der Waals surface area contributed by atoms with Crippen molar-refractivity contribution in [2.45, 2.75) is 32.9 Å². The molecule has 30 heavy (non-hydrogen) atoms. The Morgan fingerprint density at radius 1 is 1.10 bits per heavy atom. The number of hydrogen-bond donors (Lipinski definition) is 3. The van der Waals surface area contributed by atoms with Crippen LogP contribution in [0.15, 0.2) is 47.7 Å². The normalized spacial score (nSPS) is 17.3. The van der Waals surface area contributed by atoms with Crippen molar-refractivity contribution in [1.82, 2.24) is 10.6 Å². The molecule has 3 N–H and O–H groups in total. The molecule has 2 atom stereocenters. The van der Waals surface area contributed by atoms with Gasteiger partial charge in [0.2, 0.25) is 0 Å². The van der Waals surface area contributed by atoms with E-state index in [-0.39, 0.29) is 18.0 Å². The second-order valence-electron chi connectivity index (χ2n) is 7.53. The second-order valence-corrected chi connectivity index (χ2v) is 7.53. The molecule has 0 saturated heterocycles. The highest BCUT2D eigenvalue weighted by Gasteiger charge is 2.32. The highest BCUT2D eigenvalue weighted by Crippen LogP contribution is 2.22. The highest BCUT2D eigenvalue weighted by molar-refractivity contribution is 5.94. The van der Waals surface area contributed by atoms with Crippen molar-refractivity contribution in [3.8, 4) is 5.75 Å². The molecule has 0 bridgehead atoms. The van der Waals surface area contributed by atoms with E-state index in [9.17, 15) is 9.59 Å². The minimum absolute atomic E-state index is 0.280. The zero-order valence-corrected chi connectivity index (χ0v) is 18.0.